The number of nitro groups is 1. The third-order valence-electron chi connectivity index (χ3n) is 8.28. The summed E-state index contributed by atoms with van der Waals surface area (Å²) < 4.78 is 1.84. The molecule has 0 spiro atoms. The molecule has 0 bridgehead atoms. The van der Waals surface area contributed by atoms with E-state index in [1.165, 1.54) is 18.2 Å². The fraction of sp³-hybridized carbons (Fsp3) is 0.152. The minimum absolute atomic E-state index is 0.0134. The Hall–Kier alpha value is -5.15. The molecular weight excluding hydrogens is 566 g/mol. The Bertz CT molecular complexity index is 2060. The van der Waals surface area contributed by atoms with E-state index in [0.29, 0.717) is 22.6 Å². The van der Waals surface area contributed by atoms with Crippen molar-refractivity contribution >= 4 is 39.7 Å². The molecule has 1 aliphatic rings. The van der Waals surface area contributed by atoms with Gasteiger partial charge in [0.15, 0.2) is 5.15 Å². The second kappa shape index (κ2) is 10.6. The second-order valence-electron chi connectivity index (χ2n) is 10.7. The van der Waals surface area contributed by atoms with Crippen LogP contribution in [0.4, 0.5) is 5.69 Å². The first kappa shape index (κ1) is 26.7. The maximum atomic E-state index is 12.2. The lowest BCUT2D eigenvalue weighted by molar-refractivity contribution is -0.385. The standard InChI is InChI=1S/C33H24ClN5O4/c34-31-30-29(22-10-9-20-11-13-25(36-26(20)18-22)19-5-2-1-3-6-19)37-32(38(30)16-15-35-31)28(21-7-4-8-21)24-17-23(33(40)41)12-14-27(24)39(42)43/h1-3,5-6,9-18,21,28H,4,7-8H2,(H,40,41). The number of rotatable bonds is 7. The van der Waals surface area contributed by atoms with Gasteiger partial charge < -0.3 is 5.11 Å². The van der Waals surface area contributed by atoms with Gasteiger partial charge in [0.05, 0.1) is 33.3 Å². The smallest absolute Gasteiger partial charge is 0.335 e. The molecular formula is C33H24ClN5O4. The highest BCUT2D eigenvalue weighted by atomic mass is 35.5. The number of nitrogens with zero attached hydrogens (tertiary/aromatic N) is 5. The van der Waals surface area contributed by atoms with Gasteiger partial charge in [0.1, 0.15) is 11.3 Å². The first-order valence-corrected chi connectivity index (χ1v) is 14.3. The summed E-state index contributed by atoms with van der Waals surface area (Å²) >= 11 is 6.70. The lowest BCUT2D eigenvalue weighted by Crippen LogP contribution is -2.24. The number of carboxylic acids is 1. The topological polar surface area (TPSA) is 124 Å². The van der Waals surface area contributed by atoms with E-state index in [2.05, 4.69) is 4.98 Å². The predicted octanol–water partition coefficient (Wildman–Crippen LogP) is 7.80. The van der Waals surface area contributed by atoms with Crippen LogP contribution in [0.5, 0.6) is 0 Å². The minimum Gasteiger partial charge on any atom is -0.478 e. The molecule has 3 heterocycles. The molecule has 0 radical (unpaired) electrons. The number of nitro benzene ring substituents is 1. The number of benzene rings is 3. The molecule has 0 saturated heterocycles. The Labute approximate surface area is 250 Å². The fourth-order valence-electron chi connectivity index (χ4n) is 5.96. The Morgan fingerprint density at radius 3 is 2.51 bits per heavy atom. The fourth-order valence-corrected chi connectivity index (χ4v) is 6.20. The van der Waals surface area contributed by atoms with Crippen LogP contribution in [0.15, 0.2) is 91.3 Å². The molecule has 7 rings (SSSR count). The number of pyridine rings is 1. The van der Waals surface area contributed by atoms with E-state index in [1.54, 1.807) is 12.4 Å². The maximum absolute atomic E-state index is 12.2. The molecule has 1 N–H and O–H groups in total. The van der Waals surface area contributed by atoms with Crippen LogP contribution >= 0.6 is 11.6 Å². The zero-order valence-electron chi connectivity index (χ0n) is 22.7. The Kier molecular flexibility index (Phi) is 6.59. The number of halogens is 1. The van der Waals surface area contributed by atoms with Gasteiger partial charge in [0, 0.05) is 40.5 Å². The van der Waals surface area contributed by atoms with Crippen molar-refractivity contribution in [3.63, 3.8) is 0 Å². The molecule has 43 heavy (non-hydrogen) atoms. The Balaban J connectivity index is 1.44. The maximum Gasteiger partial charge on any atom is 0.335 e. The van der Waals surface area contributed by atoms with Gasteiger partial charge in [-0.1, -0.05) is 66.6 Å². The number of fused-ring (bicyclic) bond motifs is 2. The summed E-state index contributed by atoms with van der Waals surface area (Å²) in [7, 11) is 0. The van der Waals surface area contributed by atoms with Gasteiger partial charge in [0.2, 0.25) is 0 Å². The van der Waals surface area contributed by atoms with Crippen molar-refractivity contribution in [2.75, 3.05) is 0 Å². The van der Waals surface area contributed by atoms with E-state index < -0.39 is 16.8 Å². The third-order valence-corrected chi connectivity index (χ3v) is 8.55. The molecule has 3 aromatic heterocycles. The van der Waals surface area contributed by atoms with Crippen LogP contribution in [0, 0.1) is 16.0 Å². The third kappa shape index (κ3) is 4.67. The Morgan fingerprint density at radius 2 is 1.79 bits per heavy atom. The molecule has 1 fully saturated rings. The first-order valence-electron chi connectivity index (χ1n) is 13.9. The van der Waals surface area contributed by atoms with E-state index in [9.17, 15) is 20.0 Å². The van der Waals surface area contributed by atoms with E-state index in [4.69, 9.17) is 21.6 Å². The number of hydrogen-bond donors (Lipinski definition) is 1. The van der Waals surface area contributed by atoms with Gasteiger partial charge in [-0.3, -0.25) is 14.5 Å². The number of aromatic nitrogens is 4. The van der Waals surface area contributed by atoms with Crippen LogP contribution in [0.25, 0.3) is 38.9 Å². The number of aromatic carboxylic acids is 1. The van der Waals surface area contributed by atoms with Crippen molar-refractivity contribution in [3.8, 4) is 22.5 Å². The minimum atomic E-state index is -1.15. The normalized spacial score (nSPS) is 14.1. The van der Waals surface area contributed by atoms with Crippen LogP contribution < -0.4 is 0 Å². The zero-order valence-corrected chi connectivity index (χ0v) is 23.5. The molecule has 10 heteroatoms. The van der Waals surface area contributed by atoms with E-state index in [-0.39, 0.29) is 22.3 Å². The van der Waals surface area contributed by atoms with Crippen molar-refractivity contribution < 1.29 is 14.8 Å². The average Bonchev–Trinajstić information content (AvgIpc) is 3.39. The zero-order chi connectivity index (χ0) is 29.7. The van der Waals surface area contributed by atoms with E-state index in [1.807, 2.05) is 65.1 Å². The van der Waals surface area contributed by atoms with Crippen LogP contribution in [0.1, 0.15) is 46.9 Å². The van der Waals surface area contributed by atoms with Gasteiger partial charge >= 0.3 is 5.97 Å². The largest absolute Gasteiger partial charge is 0.478 e. The molecule has 0 aliphatic heterocycles. The second-order valence-corrected chi connectivity index (χ2v) is 11.1. The first-order chi connectivity index (χ1) is 20.9. The van der Waals surface area contributed by atoms with E-state index >= 15 is 0 Å². The molecule has 9 nitrogen and oxygen atoms in total. The number of carboxylic acid groups (broad SMARTS) is 1. The summed E-state index contributed by atoms with van der Waals surface area (Å²) in [5.41, 5.74) is 4.72. The summed E-state index contributed by atoms with van der Waals surface area (Å²) in [5, 5.41) is 23.1. The number of hydrogen-bond acceptors (Lipinski definition) is 6. The van der Waals surface area contributed by atoms with Crippen LogP contribution in [0.2, 0.25) is 5.15 Å². The van der Waals surface area contributed by atoms with E-state index in [0.717, 1.165) is 47.0 Å². The SMILES string of the molecule is O=C(O)c1ccc([N+](=O)[O-])c(C(c2nc(-c3ccc4ccc(-c5ccccc5)nc4c3)c3c(Cl)nccn23)C2CCC2)c1. The van der Waals surface area contributed by atoms with Crippen molar-refractivity contribution in [2.24, 2.45) is 5.92 Å². The molecule has 212 valence electrons. The van der Waals surface area contributed by atoms with Crippen molar-refractivity contribution in [3.05, 3.63) is 123 Å². The molecule has 3 aromatic carbocycles. The van der Waals surface area contributed by atoms with Gasteiger partial charge in [-0.15, -0.1) is 0 Å². The van der Waals surface area contributed by atoms with Crippen molar-refractivity contribution in [2.45, 2.75) is 25.2 Å². The highest BCUT2D eigenvalue weighted by Crippen LogP contribution is 2.47. The summed E-state index contributed by atoms with van der Waals surface area (Å²) in [6, 6.07) is 23.8. The molecule has 0 amide bonds. The van der Waals surface area contributed by atoms with Gasteiger partial charge in [-0.2, -0.15) is 0 Å². The molecule has 1 atom stereocenters. The molecule has 1 aliphatic carbocycles. The van der Waals surface area contributed by atoms with Crippen LogP contribution in [0.3, 0.4) is 0 Å². The highest BCUT2D eigenvalue weighted by Gasteiger charge is 2.38. The average molecular weight is 590 g/mol. The summed E-state index contributed by atoms with van der Waals surface area (Å²) in [6.45, 7) is 0. The van der Waals surface area contributed by atoms with Crippen LogP contribution in [-0.2, 0) is 0 Å². The van der Waals surface area contributed by atoms with Crippen molar-refractivity contribution in [1.29, 1.82) is 0 Å². The monoisotopic (exact) mass is 589 g/mol. The van der Waals surface area contributed by atoms with Gasteiger partial charge in [0.25, 0.3) is 5.69 Å². The molecule has 1 unspecified atom stereocenters. The Morgan fingerprint density at radius 1 is 1.00 bits per heavy atom. The lowest BCUT2D eigenvalue weighted by Gasteiger charge is -2.33. The van der Waals surface area contributed by atoms with Crippen LogP contribution in [-0.4, -0.2) is 35.4 Å². The highest BCUT2D eigenvalue weighted by molar-refractivity contribution is 6.33. The van der Waals surface area contributed by atoms with Crippen molar-refractivity contribution in [1.82, 2.24) is 19.4 Å². The van der Waals surface area contributed by atoms with Gasteiger partial charge in [-0.05, 0) is 43.0 Å². The summed E-state index contributed by atoms with van der Waals surface area (Å²) in [4.78, 5) is 37.9. The number of carbonyl (C=O) groups is 1. The summed E-state index contributed by atoms with van der Waals surface area (Å²) in [5.74, 6) is -1.09. The summed E-state index contributed by atoms with van der Waals surface area (Å²) in [6.07, 6.45) is 5.97. The number of imidazole rings is 1. The molecule has 6 aromatic rings. The molecule has 1 saturated carbocycles. The predicted molar refractivity (Wildman–Crippen MR) is 163 cm³/mol. The quantitative estimate of drug-likeness (QED) is 0.149. The lowest BCUT2D eigenvalue weighted by atomic mass is 9.72. The van der Waals surface area contributed by atoms with Gasteiger partial charge in [-0.25, -0.2) is 19.7 Å².